The van der Waals surface area contributed by atoms with Gasteiger partial charge in [-0.15, -0.1) is 0 Å². The Morgan fingerprint density at radius 1 is 1.32 bits per heavy atom. The summed E-state index contributed by atoms with van der Waals surface area (Å²) in [5.41, 5.74) is 0.291. The van der Waals surface area contributed by atoms with Crippen LogP contribution in [0.3, 0.4) is 0 Å². The Kier molecular flexibility index (Phi) is 4.61. The molecule has 19 heavy (non-hydrogen) atoms. The van der Waals surface area contributed by atoms with Gasteiger partial charge < -0.3 is 5.32 Å². The second-order valence-electron chi connectivity index (χ2n) is 6.80. The van der Waals surface area contributed by atoms with E-state index in [1.807, 2.05) is 30.0 Å². The second kappa shape index (κ2) is 5.64. The first-order valence-electron chi connectivity index (χ1n) is 6.79. The number of rotatable bonds is 5. The first-order valence-corrected chi connectivity index (χ1v) is 6.79. The largest absolute Gasteiger partial charge is 0.365 e. The molecular formula is C16H27N3. The van der Waals surface area contributed by atoms with E-state index in [-0.39, 0.29) is 11.0 Å². The topological polar surface area (TPSA) is 29.9 Å². The Balaban J connectivity index is 2.99. The van der Waals surface area contributed by atoms with Crippen LogP contribution in [-0.4, -0.2) is 15.1 Å². The minimum atomic E-state index is 0.00997. The van der Waals surface area contributed by atoms with Crippen molar-refractivity contribution in [1.82, 2.24) is 9.55 Å². The van der Waals surface area contributed by atoms with E-state index in [1.165, 1.54) is 0 Å². The Morgan fingerprint density at radius 2 is 1.95 bits per heavy atom. The van der Waals surface area contributed by atoms with Gasteiger partial charge in [-0.3, -0.25) is 4.57 Å². The molecule has 3 nitrogen and oxygen atoms in total. The van der Waals surface area contributed by atoms with Crippen molar-refractivity contribution < 1.29 is 0 Å². The third-order valence-electron chi connectivity index (χ3n) is 2.74. The highest BCUT2D eigenvalue weighted by molar-refractivity contribution is 5.53. The SMILES string of the molecule is C=Cc1ncc(NC(C)(C)CC(C)(C)C)n1/C=C\C. The summed E-state index contributed by atoms with van der Waals surface area (Å²) >= 11 is 0. The predicted molar refractivity (Wildman–Crippen MR) is 85.1 cm³/mol. The lowest BCUT2D eigenvalue weighted by molar-refractivity contribution is 0.302. The van der Waals surface area contributed by atoms with Crippen molar-refractivity contribution in [3.63, 3.8) is 0 Å². The third-order valence-corrected chi connectivity index (χ3v) is 2.74. The molecule has 106 valence electrons. The fourth-order valence-corrected chi connectivity index (χ4v) is 2.64. The molecule has 1 rings (SSSR count). The van der Waals surface area contributed by atoms with Gasteiger partial charge in [0.15, 0.2) is 0 Å². The molecule has 0 unspecified atom stereocenters. The minimum absolute atomic E-state index is 0.00997. The van der Waals surface area contributed by atoms with Crippen LogP contribution < -0.4 is 5.32 Å². The van der Waals surface area contributed by atoms with Crippen LogP contribution in [-0.2, 0) is 0 Å². The van der Waals surface area contributed by atoms with Crippen molar-refractivity contribution in [2.24, 2.45) is 5.41 Å². The van der Waals surface area contributed by atoms with E-state index < -0.39 is 0 Å². The van der Waals surface area contributed by atoms with E-state index in [0.29, 0.717) is 0 Å². The summed E-state index contributed by atoms with van der Waals surface area (Å²) in [5.74, 6) is 1.86. The molecule has 0 bridgehead atoms. The van der Waals surface area contributed by atoms with Crippen molar-refractivity contribution in [1.29, 1.82) is 0 Å². The third kappa shape index (κ3) is 4.58. The number of hydrogen-bond acceptors (Lipinski definition) is 2. The molecule has 0 aromatic carbocycles. The number of hydrogen-bond donors (Lipinski definition) is 1. The lowest BCUT2D eigenvalue weighted by Gasteiger charge is -2.34. The lowest BCUT2D eigenvalue weighted by atomic mass is 9.82. The molecule has 0 fully saturated rings. The second-order valence-corrected chi connectivity index (χ2v) is 6.80. The first kappa shape index (κ1) is 15.5. The van der Waals surface area contributed by atoms with E-state index in [0.717, 1.165) is 18.1 Å². The number of nitrogens with one attached hydrogen (secondary N) is 1. The summed E-state index contributed by atoms with van der Waals surface area (Å²) in [6.07, 6.45) is 8.70. The number of anilines is 1. The van der Waals surface area contributed by atoms with Crippen molar-refractivity contribution in [3.05, 3.63) is 24.7 Å². The molecule has 0 aliphatic rings. The van der Waals surface area contributed by atoms with Gasteiger partial charge in [-0.05, 0) is 38.7 Å². The zero-order chi connectivity index (χ0) is 14.7. The zero-order valence-electron chi connectivity index (χ0n) is 13.1. The zero-order valence-corrected chi connectivity index (χ0v) is 13.1. The smallest absolute Gasteiger partial charge is 0.137 e. The number of imidazole rings is 1. The molecule has 1 aromatic heterocycles. The van der Waals surface area contributed by atoms with E-state index in [4.69, 9.17) is 0 Å². The molecule has 0 spiro atoms. The van der Waals surface area contributed by atoms with Crippen LogP contribution in [0.2, 0.25) is 0 Å². The standard InChI is InChI=1S/C16H27N3/c1-8-10-19-13(9-2)17-11-14(19)18-16(6,7)12-15(3,4)5/h8-11,18H,2,12H2,1,3-7H3/b10-8-. The van der Waals surface area contributed by atoms with Crippen LogP contribution >= 0.6 is 0 Å². The van der Waals surface area contributed by atoms with Crippen LogP contribution in [0, 0.1) is 5.41 Å². The Bertz CT molecular complexity index is 459. The van der Waals surface area contributed by atoms with Gasteiger partial charge in [0, 0.05) is 11.7 Å². The maximum atomic E-state index is 4.37. The Hall–Kier alpha value is -1.51. The van der Waals surface area contributed by atoms with E-state index in [1.54, 1.807) is 6.08 Å². The van der Waals surface area contributed by atoms with Gasteiger partial charge >= 0.3 is 0 Å². The first-order chi connectivity index (χ1) is 8.68. The Labute approximate surface area is 117 Å². The Morgan fingerprint density at radius 3 is 2.42 bits per heavy atom. The van der Waals surface area contributed by atoms with Crippen LogP contribution in [0.15, 0.2) is 18.9 Å². The highest BCUT2D eigenvalue weighted by Gasteiger charge is 2.26. The summed E-state index contributed by atoms with van der Waals surface area (Å²) in [6, 6.07) is 0. The molecule has 0 amide bonds. The monoisotopic (exact) mass is 261 g/mol. The summed E-state index contributed by atoms with van der Waals surface area (Å²) in [4.78, 5) is 4.37. The number of allylic oxidation sites excluding steroid dienone is 1. The summed E-state index contributed by atoms with van der Waals surface area (Å²) in [5, 5.41) is 3.58. The lowest BCUT2D eigenvalue weighted by Crippen LogP contribution is -2.36. The average Bonchev–Trinajstić information content (AvgIpc) is 2.57. The van der Waals surface area contributed by atoms with Gasteiger partial charge in [0.25, 0.3) is 0 Å². The van der Waals surface area contributed by atoms with Gasteiger partial charge in [0.05, 0.1) is 6.20 Å². The maximum absolute atomic E-state index is 4.37. The van der Waals surface area contributed by atoms with Crippen molar-refractivity contribution in [3.8, 4) is 0 Å². The highest BCUT2D eigenvalue weighted by Crippen LogP contribution is 2.30. The van der Waals surface area contributed by atoms with Gasteiger partial charge in [-0.25, -0.2) is 4.98 Å². The summed E-state index contributed by atoms with van der Waals surface area (Å²) in [6.45, 7) is 17.0. The quantitative estimate of drug-likeness (QED) is 0.836. The van der Waals surface area contributed by atoms with Crippen LogP contribution in [0.1, 0.15) is 53.8 Å². The van der Waals surface area contributed by atoms with Gasteiger partial charge in [0.1, 0.15) is 11.6 Å². The highest BCUT2D eigenvalue weighted by atomic mass is 15.2. The van der Waals surface area contributed by atoms with Gasteiger partial charge in [-0.2, -0.15) is 0 Å². The van der Waals surface area contributed by atoms with E-state index in [9.17, 15) is 0 Å². The average molecular weight is 261 g/mol. The van der Waals surface area contributed by atoms with Crippen LogP contribution in [0.4, 0.5) is 5.82 Å². The van der Waals surface area contributed by atoms with Gasteiger partial charge in [-0.1, -0.05) is 33.4 Å². The molecule has 1 heterocycles. The number of nitrogens with zero attached hydrogens (tertiary/aromatic N) is 2. The minimum Gasteiger partial charge on any atom is -0.365 e. The molecule has 0 saturated heterocycles. The number of aromatic nitrogens is 2. The van der Waals surface area contributed by atoms with Crippen LogP contribution in [0.25, 0.3) is 12.3 Å². The molecule has 0 aliphatic carbocycles. The molecule has 0 saturated carbocycles. The molecule has 0 atom stereocenters. The van der Waals surface area contributed by atoms with Crippen molar-refractivity contribution in [2.75, 3.05) is 5.32 Å². The molecule has 0 radical (unpaired) electrons. The summed E-state index contributed by atoms with van der Waals surface area (Å²) in [7, 11) is 0. The van der Waals surface area contributed by atoms with E-state index in [2.05, 4.69) is 51.5 Å². The van der Waals surface area contributed by atoms with E-state index >= 15 is 0 Å². The fourth-order valence-electron chi connectivity index (χ4n) is 2.64. The molecule has 0 aliphatic heterocycles. The molecule has 1 aromatic rings. The predicted octanol–water partition coefficient (Wildman–Crippen LogP) is 4.64. The van der Waals surface area contributed by atoms with Crippen molar-refractivity contribution in [2.45, 2.75) is 53.5 Å². The normalized spacial score (nSPS) is 12.9. The maximum Gasteiger partial charge on any atom is 0.137 e. The fraction of sp³-hybridized carbons (Fsp3) is 0.562. The molecular weight excluding hydrogens is 234 g/mol. The summed E-state index contributed by atoms with van der Waals surface area (Å²) < 4.78 is 2.03. The van der Waals surface area contributed by atoms with Crippen molar-refractivity contribution >= 4 is 18.1 Å². The van der Waals surface area contributed by atoms with Gasteiger partial charge in [0.2, 0.25) is 0 Å². The molecule has 1 N–H and O–H groups in total. The van der Waals surface area contributed by atoms with Crippen LogP contribution in [0.5, 0.6) is 0 Å². The molecule has 3 heteroatoms.